The lowest BCUT2D eigenvalue weighted by Gasteiger charge is -1.96. The Balaban J connectivity index is 2.96. The SMILES string of the molecule is BCCn1nc([N+](=O)[O-])cc1CB. The smallest absolute Gasteiger partial charge is 0.358 e. The van der Waals surface area contributed by atoms with Gasteiger partial charge in [-0.1, -0.05) is 6.32 Å². The van der Waals surface area contributed by atoms with Gasteiger partial charge in [-0.15, -0.1) is 0 Å². The van der Waals surface area contributed by atoms with E-state index in [0.717, 1.165) is 24.9 Å². The van der Waals surface area contributed by atoms with Crippen LogP contribution in [-0.4, -0.2) is 30.4 Å². The van der Waals surface area contributed by atoms with Crippen molar-refractivity contribution in [2.24, 2.45) is 0 Å². The van der Waals surface area contributed by atoms with Gasteiger partial charge in [0.1, 0.15) is 15.7 Å². The van der Waals surface area contributed by atoms with E-state index in [2.05, 4.69) is 5.10 Å². The average molecular weight is 179 g/mol. The zero-order chi connectivity index (χ0) is 9.84. The Morgan fingerprint density at radius 2 is 2.31 bits per heavy atom. The van der Waals surface area contributed by atoms with Gasteiger partial charge in [-0.2, -0.15) is 4.68 Å². The highest BCUT2D eigenvalue weighted by Crippen LogP contribution is 2.11. The first-order chi connectivity index (χ1) is 6.19. The molecule has 1 rings (SSSR count). The molecular formula is C6H11B2N3O2. The third-order valence-electron chi connectivity index (χ3n) is 1.84. The molecule has 5 nitrogen and oxygen atoms in total. The van der Waals surface area contributed by atoms with Crippen LogP contribution in [0.4, 0.5) is 5.82 Å². The largest absolute Gasteiger partial charge is 0.390 e. The second-order valence-corrected chi connectivity index (χ2v) is 2.83. The first kappa shape index (κ1) is 9.83. The minimum atomic E-state index is -0.453. The van der Waals surface area contributed by atoms with Gasteiger partial charge in [0.2, 0.25) is 0 Å². The molecule has 0 bridgehead atoms. The van der Waals surface area contributed by atoms with Crippen LogP contribution in [0.5, 0.6) is 0 Å². The van der Waals surface area contributed by atoms with Gasteiger partial charge in [-0.25, -0.2) is 0 Å². The molecule has 0 aliphatic carbocycles. The summed E-state index contributed by atoms with van der Waals surface area (Å²) in [6, 6.07) is 1.54. The summed E-state index contributed by atoms with van der Waals surface area (Å²) in [5, 5.41) is 14.3. The summed E-state index contributed by atoms with van der Waals surface area (Å²) in [4.78, 5) is 9.96. The zero-order valence-corrected chi connectivity index (χ0v) is 7.86. The fourth-order valence-corrected chi connectivity index (χ4v) is 1.22. The van der Waals surface area contributed by atoms with Crippen LogP contribution in [0.25, 0.3) is 0 Å². The van der Waals surface area contributed by atoms with Gasteiger partial charge in [0, 0.05) is 0 Å². The van der Waals surface area contributed by atoms with E-state index in [1.54, 1.807) is 4.68 Å². The summed E-state index contributed by atoms with van der Waals surface area (Å²) >= 11 is 0. The fourth-order valence-electron chi connectivity index (χ4n) is 1.22. The molecule has 1 heterocycles. The number of aromatic nitrogens is 2. The number of nitrogens with zero attached hydrogens (tertiary/aromatic N) is 3. The topological polar surface area (TPSA) is 61.0 Å². The number of nitro groups is 1. The van der Waals surface area contributed by atoms with Gasteiger partial charge in [-0.05, 0) is 11.2 Å². The molecule has 0 N–H and O–H groups in total. The zero-order valence-electron chi connectivity index (χ0n) is 7.86. The minimum absolute atomic E-state index is 0.0506. The lowest BCUT2D eigenvalue weighted by Crippen LogP contribution is -2.04. The van der Waals surface area contributed by atoms with Crippen LogP contribution in [0.1, 0.15) is 5.69 Å². The second-order valence-electron chi connectivity index (χ2n) is 2.83. The third-order valence-corrected chi connectivity index (χ3v) is 1.84. The molecule has 1 aromatic heterocycles. The van der Waals surface area contributed by atoms with E-state index in [4.69, 9.17) is 0 Å². The molecule has 0 atom stereocenters. The van der Waals surface area contributed by atoms with Crippen molar-refractivity contribution in [1.82, 2.24) is 9.78 Å². The van der Waals surface area contributed by atoms with Crippen molar-refractivity contribution in [3.8, 4) is 0 Å². The van der Waals surface area contributed by atoms with E-state index in [0.29, 0.717) is 0 Å². The molecule has 0 unspecified atom stereocenters. The van der Waals surface area contributed by atoms with E-state index in [1.807, 2.05) is 15.7 Å². The molecule has 0 radical (unpaired) electrons. The molecule has 7 heteroatoms. The Kier molecular flexibility index (Phi) is 3.11. The van der Waals surface area contributed by atoms with Crippen molar-refractivity contribution >= 4 is 21.5 Å². The molecule has 1 aromatic rings. The quantitative estimate of drug-likeness (QED) is 0.337. The summed E-state index contributed by atoms with van der Waals surface area (Å²) in [5.41, 5.74) is 0.925. The highest BCUT2D eigenvalue weighted by atomic mass is 16.6. The summed E-state index contributed by atoms with van der Waals surface area (Å²) in [6.07, 6.45) is 1.71. The van der Waals surface area contributed by atoms with Crippen LogP contribution < -0.4 is 0 Å². The van der Waals surface area contributed by atoms with Gasteiger partial charge in [-0.3, -0.25) is 0 Å². The Hall–Kier alpha value is -1.26. The third kappa shape index (κ3) is 2.11. The number of hydrogen-bond acceptors (Lipinski definition) is 3. The summed E-state index contributed by atoms with van der Waals surface area (Å²) in [5.74, 6) is -0.0506. The molecule has 0 aliphatic rings. The van der Waals surface area contributed by atoms with E-state index in [9.17, 15) is 10.1 Å². The number of hydrogen-bond donors (Lipinski definition) is 0. The van der Waals surface area contributed by atoms with Gasteiger partial charge < -0.3 is 10.1 Å². The predicted molar refractivity (Wildman–Crippen MR) is 54.5 cm³/mol. The fraction of sp³-hybridized carbons (Fsp3) is 0.500. The maximum absolute atomic E-state index is 10.4. The molecule has 0 aromatic carbocycles. The van der Waals surface area contributed by atoms with Gasteiger partial charge >= 0.3 is 5.82 Å². The molecule has 0 aliphatic heterocycles. The van der Waals surface area contributed by atoms with Gasteiger partial charge in [0.05, 0.1) is 23.4 Å². The van der Waals surface area contributed by atoms with Crippen LogP contribution in [-0.2, 0) is 12.9 Å². The van der Waals surface area contributed by atoms with Crippen molar-refractivity contribution in [3.63, 3.8) is 0 Å². The molecule has 0 saturated carbocycles. The minimum Gasteiger partial charge on any atom is -0.358 e. The second kappa shape index (κ2) is 4.11. The standard InChI is InChI=1S/C6H11B2N3O2/c7-1-2-10-5(4-8)3-6(9-10)11(12)13/h3H,1-2,4,7-8H2. The molecule has 0 spiro atoms. The number of aryl methyl sites for hydroxylation is 1. The van der Waals surface area contributed by atoms with Crippen molar-refractivity contribution in [1.29, 1.82) is 0 Å². The van der Waals surface area contributed by atoms with E-state index < -0.39 is 4.92 Å². The monoisotopic (exact) mass is 179 g/mol. The predicted octanol–water partition coefficient (Wildman–Crippen LogP) is -1.02. The van der Waals surface area contributed by atoms with Crippen LogP contribution in [0.15, 0.2) is 6.07 Å². The highest BCUT2D eigenvalue weighted by molar-refractivity contribution is 6.08. The number of rotatable bonds is 4. The van der Waals surface area contributed by atoms with Crippen molar-refractivity contribution < 1.29 is 4.92 Å². The summed E-state index contributed by atoms with van der Waals surface area (Å²) in [6.45, 7) is 0.747. The van der Waals surface area contributed by atoms with Gasteiger partial charge in [0.25, 0.3) is 0 Å². The first-order valence-corrected chi connectivity index (χ1v) is 4.40. The molecular weight excluding hydrogens is 168 g/mol. The van der Waals surface area contributed by atoms with Crippen molar-refractivity contribution in [2.45, 2.75) is 19.2 Å². The Morgan fingerprint density at radius 1 is 1.62 bits per heavy atom. The van der Waals surface area contributed by atoms with Crippen LogP contribution in [0.2, 0.25) is 6.32 Å². The van der Waals surface area contributed by atoms with Crippen molar-refractivity contribution in [3.05, 3.63) is 21.9 Å². The van der Waals surface area contributed by atoms with Crippen molar-refractivity contribution in [2.75, 3.05) is 0 Å². The maximum atomic E-state index is 10.4. The maximum Gasteiger partial charge on any atom is 0.390 e. The van der Waals surface area contributed by atoms with E-state index in [1.165, 1.54) is 6.07 Å². The Labute approximate surface area is 78.1 Å². The molecule has 0 fully saturated rings. The first-order valence-electron chi connectivity index (χ1n) is 4.40. The van der Waals surface area contributed by atoms with Crippen LogP contribution >= 0.6 is 0 Å². The Morgan fingerprint density at radius 3 is 2.77 bits per heavy atom. The summed E-state index contributed by atoms with van der Waals surface area (Å²) < 4.78 is 1.71. The Bertz CT molecular complexity index is 313. The molecule has 13 heavy (non-hydrogen) atoms. The molecule has 0 saturated heterocycles. The van der Waals surface area contributed by atoms with E-state index in [-0.39, 0.29) is 5.82 Å². The average Bonchev–Trinajstić information content (AvgIpc) is 2.48. The van der Waals surface area contributed by atoms with Gasteiger partial charge in [0.15, 0.2) is 0 Å². The molecule has 0 amide bonds. The lowest BCUT2D eigenvalue weighted by molar-refractivity contribution is -0.389. The van der Waals surface area contributed by atoms with Crippen LogP contribution in [0, 0.1) is 10.1 Å². The lowest BCUT2D eigenvalue weighted by atomic mass is 10.0. The van der Waals surface area contributed by atoms with E-state index >= 15 is 0 Å². The van der Waals surface area contributed by atoms with Crippen LogP contribution in [0.3, 0.4) is 0 Å². The highest BCUT2D eigenvalue weighted by Gasteiger charge is 2.15. The molecule has 68 valence electrons. The summed E-state index contributed by atoms with van der Waals surface area (Å²) in [7, 11) is 3.99. The normalized spacial score (nSPS) is 10.2.